The first kappa shape index (κ1) is 6.78. The SMILES string of the molecule is Oc1ccc(O)c2c1C1=CC2C=C1. The summed E-state index contributed by atoms with van der Waals surface area (Å²) in [5.74, 6) is 0.691. The van der Waals surface area contributed by atoms with E-state index in [4.69, 9.17) is 0 Å². The van der Waals surface area contributed by atoms with Crippen LogP contribution in [0, 0.1) is 0 Å². The minimum absolute atomic E-state index is 0.164. The van der Waals surface area contributed by atoms with Crippen molar-refractivity contribution in [3.8, 4) is 11.5 Å². The van der Waals surface area contributed by atoms with Crippen molar-refractivity contribution in [2.75, 3.05) is 0 Å². The highest BCUT2D eigenvalue weighted by Gasteiger charge is 2.29. The lowest BCUT2D eigenvalue weighted by atomic mass is 9.94. The zero-order chi connectivity index (χ0) is 9.00. The van der Waals surface area contributed by atoms with Crippen LogP contribution in [0.4, 0.5) is 0 Å². The Morgan fingerprint density at radius 3 is 2.62 bits per heavy atom. The summed E-state index contributed by atoms with van der Waals surface area (Å²) in [6.07, 6.45) is 6.05. The van der Waals surface area contributed by atoms with Crippen LogP contribution in [0.25, 0.3) is 5.57 Å². The number of hydrogen-bond acceptors (Lipinski definition) is 2. The van der Waals surface area contributed by atoms with Crippen LogP contribution < -0.4 is 0 Å². The summed E-state index contributed by atoms with van der Waals surface area (Å²) >= 11 is 0. The molecule has 0 saturated heterocycles. The lowest BCUT2D eigenvalue weighted by Crippen LogP contribution is -1.93. The molecule has 0 amide bonds. The number of fused-ring (bicyclic) bond motifs is 4. The standard InChI is InChI=1S/C11H8O2/c12-8-3-4-9(13)11-7-2-1-6(5-7)10(8)11/h1-6,12-13H. The summed E-state index contributed by atoms with van der Waals surface area (Å²) in [7, 11) is 0. The van der Waals surface area contributed by atoms with Crippen molar-refractivity contribution in [1.29, 1.82) is 0 Å². The van der Waals surface area contributed by atoms with E-state index in [-0.39, 0.29) is 17.4 Å². The summed E-state index contributed by atoms with van der Waals surface area (Å²) in [5.41, 5.74) is 2.67. The van der Waals surface area contributed by atoms with Crippen molar-refractivity contribution >= 4 is 5.57 Å². The fourth-order valence-corrected chi connectivity index (χ4v) is 2.10. The van der Waals surface area contributed by atoms with Crippen molar-refractivity contribution < 1.29 is 10.2 Å². The molecule has 0 aliphatic heterocycles. The van der Waals surface area contributed by atoms with E-state index in [1.165, 1.54) is 12.1 Å². The number of benzene rings is 1. The van der Waals surface area contributed by atoms with E-state index in [0.29, 0.717) is 0 Å². The molecule has 2 nitrogen and oxygen atoms in total. The third-order valence-corrected chi connectivity index (χ3v) is 2.66. The summed E-state index contributed by atoms with van der Waals surface area (Å²) in [6.45, 7) is 0. The molecule has 1 unspecified atom stereocenters. The molecule has 2 N–H and O–H groups in total. The van der Waals surface area contributed by atoms with Gasteiger partial charge in [-0.15, -0.1) is 0 Å². The maximum Gasteiger partial charge on any atom is 0.123 e. The number of phenolic OH excluding ortho intramolecular Hbond substituents is 2. The van der Waals surface area contributed by atoms with Gasteiger partial charge in [-0.25, -0.2) is 0 Å². The van der Waals surface area contributed by atoms with E-state index < -0.39 is 0 Å². The van der Waals surface area contributed by atoms with Gasteiger partial charge >= 0.3 is 0 Å². The minimum Gasteiger partial charge on any atom is -0.508 e. The van der Waals surface area contributed by atoms with Crippen LogP contribution in [0.1, 0.15) is 17.0 Å². The van der Waals surface area contributed by atoms with Crippen LogP contribution in [0.5, 0.6) is 11.5 Å². The molecule has 0 saturated carbocycles. The Morgan fingerprint density at radius 2 is 1.85 bits per heavy atom. The molecule has 0 spiro atoms. The van der Waals surface area contributed by atoms with Gasteiger partial charge in [-0.3, -0.25) is 0 Å². The zero-order valence-electron chi connectivity index (χ0n) is 6.86. The molecule has 0 radical (unpaired) electrons. The Hall–Kier alpha value is -1.70. The highest BCUT2D eigenvalue weighted by Crippen LogP contribution is 2.49. The van der Waals surface area contributed by atoms with Gasteiger partial charge in [0, 0.05) is 17.0 Å². The molecule has 64 valence electrons. The van der Waals surface area contributed by atoms with Crippen LogP contribution in [0.3, 0.4) is 0 Å². The van der Waals surface area contributed by atoms with E-state index in [1.54, 1.807) is 0 Å². The molecule has 0 heterocycles. The third kappa shape index (κ3) is 0.680. The molecule has 2 aliphatic rings. The van der Waals surface area contributed by atoms with Crippen LogP contribution in [0.2, 0.25) is 0 Å². The summed E-state index contributed by atoms with van der Waals surface area (Å²) in [6, 6.07) is 3.07. The second-order valence-corrected chi connectivity index (χ2v) is 3.40. The van der Waals surface area contributed by atoms with Gasteiger partial charge in [0.2, 0.25) is 0 Å². The molecule has 1 aromatic carbocycles. The average molecular weight is 172 g/mol. The van der Waals surface area contributed by atoms with Crippen LogP contribution in [-0.2, 0) is 0 Å². The molecular formula is C11H8O2. The maximum atomic E-state index is 9.60. The molecule has 0 fully saturated rings. The number of rotatable bonds is 0. The number of phenols is 2. The summed E-state index contributed by atoms with van der Waals surface area (Å²) in [4.78, 5) is 0. The maximum absolute atomic E-state index is 9.60. The first-order valence-electron chi connectivity index (χ1n) is 4.22. The molecular weight excluding hydrogens is 164 g/mol. The first-order chi connectivity index (χ1) is 6.27. The predicted octanol–water partition coefficient (Wildman–Crippen LogP) is 2.15. The molecule has 2 aliphatic carbocycles. The summed E-state index contributed by atoms with van der Waals surface area (Å²) < 4.78 is 0. The van der Waals surface area contributed by atoms with Crippen molar-refractivity contribution in [3.05, 3.63) is 41.5 Å². The molecule has 2 heteroatoms. The molecule has 13 heavy (non-hydrogen) atoms. The Kier molecular flexibility index (Phi) is 1.02. The predicted molar refractivity (Wildman–Crippen MR) is 49.6 cm³/mol. The van der Waals surface area contributed by atoms with E-state index in [9.17, 15) is 10.2 Å². The average Bonchev–Trinajstić information content (AvgIpc) is 2.70. The van der Waals surface area contributed by atoms with Crippen molar-refractivity contribution in [2.24, 2.45) is 0 Å². The zero-order valence-corrected chi connectivity index (χ0v) is 6.86. The Bertz CT molecular complexity index is 455. The topological polar surface area (TPSA) is 40.5 Å². The normalized spacial score (nSPS) is 21.8. The van der Waals surface area contributed by atoms with Crippen molar-refractivity contribution in [3.63, 3.8) is 0 Å². The van der Waals surface area contributed by atoms with E-state index in [1.807, 2.05) is 18.2 Å². The van der Waals surface area contributed by atoms with E-state index in [2.05, 4.69) is 0 Å². The minimum atomic E-state index is 0.164. The molecule has 2 bridgehead atoms. The number of hydrogen-bond donors (Lipinski definition) is 2. The van der Waals surface area contributed by atoms with Gasteiger partial charge in [0.15, 0.2) is 0 Å². The van der Waals surface area contributed by atoms with Gasteiger partial charge in [-0.2, -0.15) is 0 Å². The fourth-order valence-electron chi connectivity index (χ4n) is 2.10. The van der Waals surface area contributed by atoms with Crippen LogP contribution in [0.15, 0.2) is 30.4 Å². The van der Waals surface area contributed by atoms with Crippen LogP contribution in [-0.4, -0.2) is 10.2 Å². The van der Waals surface area contributed by atoms with Crippen LogP contribution >= 0.6 is 0 Å². The number of allylic oxidation sites excluding steroid dienone is 4. The quantitative estimate of drug-likeness (QED) is 0.588. The second kappa shape index (κ2) is 1.96. The van der Waals surface area contributed by atoms with Crippen molar-refractivity contribution in [1.82, 2.24) is 0 Å². The highest BCUT2D eigenvalue weighted by molar-refractivity contribution is 5.89. The molecule has 1 aromatic rings. The van der Waals surface area contributed by atoms with Crippen molar-refractivity contribution in [2.45, 2.75) is 5.92 Å². The van der Waals surface area contributed by atoms with Gasteiger partial charge in [-0.05, 0) is 17.7 Å². The van der Waals surface area contributed by atoms with E-state index in [0.717, 1.165) is 16.7 Å². The molecule has 3 rings (SSSR count). The monoisotopic (exact) mass is 172 g/mol. The Balaban J connectivity index is 2.38. The third-order valence-electron chi connectivity index (χ3n) is 2.66. The van der Waals surface area contributed by atoms with Gasteiger partial charge < -0.3 is 10.2 Å². The smallest absolute Gasteiger partial charge is 0.123 e. The lowest BCUT2D eigenvalue weighted by Gasteiger charge is -2.13. The fraction of sp³-hybridized carbons (Fsp3) is 0.0909. The van der Waals surface area contributed by atoms with Gasteiger partial charge in [0.1, 0.15) is 11.5 Å². The number of aromatic hydroxyl groups is 2. The Labute approximate surface area is 75.5 Å². The lowest BCUT2D eigenvalue weighted by molar-refractivity contribution is 0.453. The Morgan fingerprint density at radius 1 is 1.08 bits per heavy atom. The van der Waals surface area contributed by atoms with Gasteiger partial charge in [0.05, 0.1) is 0 Å². The second-order valence-electron chi connectivity index (χ2n) is 3.40. The summed E-state index contributed by atoms with van der Waals surface area (Å²) in [5, 5.41) is 19.2. The van der Waals surface area contributed by atoms with E-state index >= 15 is 0 Å². The first-order valence-corrected chi connectivity index (χ1v) is 4.22. The molecule has 0 aromatic heterocycles. The van der Waals surface area contributed by atoms with Gasteiger partial charge in [0.25, 0.3) is 0 Å². The molecule has 1 atom stereocenters. The van der Waals surface area contributed by atoms with Gasteiger partial charge in [-0.1, -0.05) is 18.2 Å². The largest absolute Gasteiger partial charge is 0.508 e. The highest BCUT2D eigenvalue weighted by atomic mass is 16.3.